The van der Waals surface area contributed by atoms with E-state index in [0.29, 0.717) is 24.7 Å². The van der Waals surface area contributed by atoms with Crippen molar-refractivity contribution in [3.8, 4) is 0 Å². The Labute approximate surface area is 438 Å². The topological polar surface area (TPSA) is 207 Å². The largest absolute Gasteiger partial charge is 0.459 e. The Kier molecular flexibility index (Phi) is 23.3. The molecule has 0 aromatic heterocycles. The number of esters is 3. The molecular weight excluding hydrogens is 980 g/mol. The fourth-order valence-electron chi connectivity index (χ4n) is 8.48. The Morgan fingerprint density at radius 3 is 1.97 bits per heavy atom. The molecule has 414 valence electrons. The molecule has 1 aliphatic rings. The number of benzene rings is 2. The van der Waals surface area contributed by atoms with Gasteiger partial charge in [0.05, 0.1) is 6.54 Å². The molecule has 0 saturated carbocycles. The highest BCUT2D eigenvalue weighted by Crippen LogP contribution is 2.44. The minimum Gasteiger partial charge on any atom is -0.459 e. The van der Waals surface area contributed by atoms with Gasteiger partial charge < -0.3 is 44.3 Å². The van der Waals surface area contributed by atoms with E-state index < -0.39 is 132 Å². The highest BCUT2D eigenvalue weighted by Gasteiger charge is 2.64. The second-order valence-electron chi connectivity index (χ2n) is 19.7. The van der Waals surface area contributed by atoms with Crippen LogP contribution < -0.4 is 10.6 Å². The van der Waals surface area contributed by atoms with Crippen molar-refractivity contribution >= 4 is 47.4 Å². The van der Waals surface area contributed by atoms with Crippen LogP contribution in [0.2, 0.25) is 0 Å². The third-order valence-electron chi connectivity index (χ3n) is 13.8. The maximum Gasteiger partial charge on any atom is 0.432 e. The molecule has 5 amide bonds. The summed E-state index contributed by atoms with van der Waals surface area (Å²) < 4.78 is 68.3. The summed E-state index contributed by atoms with van der Waals surface area (Å²) in [6.45, 7) is 15.3. The van der Waals surface area contributed by atoms with Crippen molar-refractivity contribution in [1.29, 1.82) is 0 Å². The maximum absolute atomic E-state index is 15.2. The smallest absolute Gasteiger partial charge is 0.432 e. The van der Waals surface area contributed by atoms with E-state index in [-0.39, 0.29) is 24.3 Å². The lowest BCUT2D eigenvalue weighted by atomic mass is 9.89. The van der Waals surface area contributed by atoms with Crippen LogP contribution >= 0.6 is 0 Å². The van der Waals surface area contributed by atoms with Crippen molar-refractivity contribution in [3.63, 3.8) is 0 Å². The SMILES string of the molecule is C/C=C(\C)[C@H]1OC(=O)[C@@H](C)N(C)C(=O)[C@H]([C@@H](C)CC)NC(=O)CN(C)C(=O)[C@@H](Cc2ccccc2)N(C)C(=O)[C@H](C)NC(=O)[C@@H](CC(C)C)OC(=O)/C(C)=C/C[C@H](OC(=O)[C@@](OC)(c2ccccc2)C(F)(F)F)[C@@H]1C. The molecule has 3 rings (SSSR count). The number of hydrogen-bond acceptors (Lipinski definition) is 12. The van der Waals surface area contributed by atoms with Gasteiger partial charge in [0, 0.05) is 58.1 Å². The summed E-state index contributed by atoms with van der Waals surface area (Å²) in [5, 5.41) is 5.34. The molecule has 2 aromatic rings. The molecule has 10 atom stereocenters. The van der Waals surface area contributed by atoms with Crippen molar-refractivity contribution in [2.45, 2.75) is 149 Å². The molecule has 2 aromatic carbocycles. The number of nitrogens with one attached hydrogen (secondary N) is 2. The average molecular weight is 1060 g/mol. The third-order valence-corrected chi connectivity index (χ3v) is 13.8. The van der Waals surface area contributed by atoms with Crippen molar-refractivity contribution < 1.29 is 70.5 Å². The summed E-state index contributed by atoms with van der Waals surface area (Å²) in [4.78, 5) is 116. The molecule has 0 spiro atoms. The number of amides is 5. The molecule has 75 heavy (non-hydrogen) atoms. The van der Waals surface area contributed by atoms with E-state index in [2.05, 4.69) is 10.6 Å². The summed E-state index contributed by atoms with van der Waals surface area (Å²) in [5.74, 6) is -9.35. The van der Waals surface area contributed by atoms with Gasteiger partial charge in [0.15, 0.2) is 6.10 Å². The first kappa shape index (κ1) is 62.7. The number of rotatable bonds is 11. The van der Waals surface area contributed by atoms with Gasteiger partial charge in [-0.15, -0.1) is 0 Å². The lowest BCUT2D eigenvalue weighted by Gasteiger charge is -2.37. The Morgan fingerprint density at radius 2 is 1.44 bits per heavy atom. The number of methoxy groups -OCH3 is 1. The fraction of sp³-hybridized carbons (Fsp3) is 0.564. The number of ether oxygens (including phenoxy) is 4. The Morgan fingerprint density at radius 1 is 0.853 bits per heavy atom. The molecule has 0 saturated heterocycles. The monoisotopic (exact) mass is 1060 g/mol. The van der Waals surface area contributed by atoms with Gasteiger partial charge in [0.2, 0.25) is 23.6 Å². The normalized spacial score (nSPS) is 26.3. The standard InChI is InChI=1S/C55H76F3N5O12/c1-15-33(5)45-50(68)62(12)38(10)52(70)75-46(34(6)16-2)36(8)42(74-53(71)54(72-14,55(56,57)58)40-25-21-18-22-26-40)28-27-35(7)51(69)73-43(29-32(3)4)47(65)59-37(9)48(66)63(13)41(30-39-23-19-17-20-24-39)49(67)61(11)31-44(64)60-45/h16-27,32-33,36-38,41-43,45-46H,15,28-31H2,1-14H3,(H,59,65)(H,60,64)/b34-16+,35-27+/t33-,36-,37-,38+,41+,42-,43+,45-,46+,54-/m0/s1. The van der Waals surface area contributed by atoms with Crippen molar-refractivity contribution in [3.05, 3.63) is 95.1 Å². The zero-order chi connectivity index (χ0) is 56.7. The predicted molar refractivity (Wildman–Crippen MR) is 273 cm³/mol. The molecular formula is C55H76F3N5O12. The number of alkyl halides is 3. The molecule has 0 fully saturated rings. The van der Waals surface area contributed by atoms with Crippen LogP contribution in [0.1, 0.15) is 99.6 Å². The van der Waals surface area contributed by atoms with Crippen LogP contribution in [0.5, 0.6) is 0 Å². The molecule has 2 N–H and O–H groups in total. The number of carbonyl (C=O) groups excluding carboxylic acids is 8. The molecule has 0 bridgehead atoms. The van der Waals surface area contributed by atoms with E-state index in [9.17, 15) is 38.4 Å². The van der Waals surface area contributed by atoms with E-state index >= 15 is 13.2 Å². The number of hydrogen-bond donors (Lipinski definition) is 2. The van der Waals surface area contributed by atoms with Crippen LogP contribution in [0.25, 0.3) is 0 Å². The second-order valence-corrected chi connectivity index (χ2v) is 19.7. The molecule has 1 heterocycles. The van der Waals surface area contributed by atoms with Crippen LogP contribution in [-0.4, -0.2) is 146 Å². The van der Waals surface area contributed by atoms with Crippen molar-refractivity contribution in [2.75, 3.05) is 34.8 Å². The van der Waals surface area contributed by atoms with Crippen LogP contribution in [0.4, 0.5) is 13.2 Å². The number of cyclic esters (lactones) is 2. The molecule has 0 unspecified atom stereocenters. The van der Waals surface area contributed by atoms with Gasteiger partial charge >= 0.3 is 24.1 Å². The van der Waals surface area contributed by atoms with E-state index in [1.54, 1.807) is 78.0 Å². The zero-order valence-electron chi connectivity index (χ0n) is 45.6. The van der Waals surface area contributed by atoms with E-state index in [1.165, 1.54) is 73.1 Å². The summed E-state index contributed by atoms with van der Waals surface area (Å²) in [6, 6.07) is 9.92. The van der Waals surface area contributed by atoms with Crippen molar-refractivity contribution in [1.82, 2.24) is 25.3 Å². The van der Waals surface area contributed by atoms with Gasteiger partial charge in [-0.05, 0) is 64.0 Å². The minimum atomic E-state index is -5.37. The maximum atomic E-state index is 15.2. The predicted octanol–water partition coefficient (Wildman–Crippen LogP) is 6.24. The number of nitrogens with zero attached hydrogens (tertiary/aromatic N) is 3. The third kappa shape index (κ3) is 16.0. The summed E-state index contributed by atoms with van der Waals surface area (Å²) in [7, 11) is 4.79. The van der Waals surface area contributed by atoms with Crippen LogP contribution in [0, 0.1) is 17.8 Å². The van der Waals surface area contributed by atoms with E-state index in [1.807, 2.05) is 0 Å². The van der Waals surface area contributed by atoms with Gasteiger partial charge in [-0.25, -0.2) is 14.4 Å². The van der Waals surface area contributed by atoms with Crippen LogP contribution in [0.15, 0.2) is 84.0 Å². The first-order valence-corrected chi connectivity index (χ1v) is 25.1. The van der Waals surface area contributed by atoms with Gasteiger partial charge in [-0.1, -0.05) is 114 Å². The summed E-state index contributed by atoms with van der Waals surface area (Å²) in [5.41, 5.74) is -3.32. The average Bonchev–Trinajstić information content (AvgIpc) is 3.37. The Hall–Kier alpha value is -6.57. The molecule has 17 nitrogen and oxygen atoms in total. The van der Waals surface area contributed by atoms with E-state index in [0.717, 1.165) is 26.8 Å². The number of halogens is 3. The Balaban J connectivity index is 2.26. The number of likely N-dealkylation sites (N-methyl/N-ethyl adjacent to an activating group) is 3. The van der Waals surface area contributed by atoms with Gasteiger partial charge in [-0.3, -0.25) is 24.0 Å². The number of allylic oxidation sites excluding steroid dienone is 1. The summed E-state index contributed by atoms with van der Waals surface area (Å²) in [6.07, 6.45) is -7.00. The number of carbonyl (C=O) groups is 8. The summed E-state index contributed by atoms with van der Waals surface area (Å²) >= 11 is 0. The first-order valence-electron chi connectivity index (χ1n) is 25.1. The van der Waals surface area contributed by atoms with E-state index in [4.69, 9.17) is 18.9 Å². The second kappa shape index (κ2) is 27.8. The van der Waals surface area contributed by atoms with Gasteiger partial charge in [0.25, 0.3) is 11.5 Å². The lowest BCUT2D eigenvalue weighted by Crippen LogP contribution is -2.58. The van der Waals surface area contributed by atoms with Gasteiger partial charge in [-0.2, -0.15) is 13.2 Å². The Bertz CT molecular complexity index is 2380. The lowest BCUT2D eigenvalue weighted by molar-refractivity contribution is -0.279. The van der Waals surface area contributed by atoms with Crippen LogP contribution in [-0.2, 0) is 69.3 Å². The minimum absolute atomic E-state index is 0.0103. The first-order chi connectivity index (χ1) is 35.1. The molecule has 0 aliphatic carbocycles. The highest BCUT2D eigenvalue weighted by molar-refractivity contribution is 5.96. The molecule has 0 radical (unpaired) electrons. The fourth-order valence-corrected chi connectivity index (χ4v) is 8.48. The highest BCUT2D eigenvalue weighted by atomic mass is 19.4. The quantitative estimate of drug-likeness (QED) is 0.146. The molecule has 1 aliphatic heterocycles. The van der Waals surface area contributed by atoms with Crippen molar-refractivity contribution in [2.24, 2.45) is 17.8 Å². The molecule has 20 heteroatoms. The van der Waals surface area contributed by atoms with Crippen LogP contribution in [0.3, 0.4) is 0 Å². The van der Waals surface area contributed by atoms with Gasteiger partial charge in [0.1, 0.15) is 36.4 Å². The zero-order valence-corrected chi connectivity index (χ0v) is 45.6.